The predicted molar refractivity (Wildman–Crippen MR) is 138 cm³/mol. The van der Waals surface area contributed by atoms with E-state index in [2.05, 4.69) is 33.9 Å². The van der Waals surface area contributed by atoms with E-state index in [4.69, 9.17) is 14.1 Å². The van der Waals surface area contributed by atoms with Gasteiger partial charge in [-0.3, -0.25) is 9.69 Å². The maximum Gasteiger partial charge on any atom is 0.238 e. The molecule has 1 fully saturated rings. The Labute approximate surface area is 204 Å². The Kier molecular flexibility index (Phi) is 6.30. The molecule has 0 unspecified atom stereocenters. The van der Waals surface area contributed by atoms with Crippen molar-refractivity contribution in [3.8, 4) is 5.75 Å². The molecule has 2 aromatic heterocycles. The number of aryl methyl sites for hydroxylation is 1. The average Bonchev–Trinajstić information content (AvgIpc) is 3.20. The van der Waals surface area contributed by atoms with Crippen molar-refractivity contribution in [1.29, 1.82) is 0 Å². The number of anilines is 2. The van der Waals surface area contributed by atoms with Crippen LogP contribution < -0.4 is 15.0 Å². The molecule has 3 heterocycles. The number of nitrogens with zero attached hydrogens (tertiary/aromatic N) is 4. The molecule has 0 saturated carbocycles. The van der Waals surface area contributed by atoms with E-state index in [1.165, 1.54) is 0 Å². The van der Waals surface area contributed by atoms with Crippen molar-refractivity contribution in [3.05, 3.63) is 54.0 Å². The van der Waals surface area contributed by atoms with E-state index in [0.29, 0.717) is 18.0 Å². The van der Waals surface area contributed by atoms with E-state index in [0.717, 1.165) is 65.5 Å². The second-order valence-electron chi connectivity index (χ2n) is 9.34. The van der Waals surface area contributed by atoms with Gasteiger partial charge in [0.2, 0.25) is 5.91 Å². The molecule has 0 atom stereocenters. The largest absolute Gasteiger partial charge is 0.495 e. The number of rotatable bonds is 6. The highest BCUT2D eigenvalue weighted by atomic mass is 16.5. The first kappa shape index (κ1) is 23.1. The molecule has 8 heteroatoms. The predicted octanol–water partition coefficient (Wildman–Crippen LogP) is 4.58. The Morgan fingerprint density at radius 3 is 2.57 bits per heavy atom. The summed E-state index contributed by atoms with van der Waals surface area (Å²) in [6, 6.07) is 13.7. The maximum absolute atomic E-state index is 12.9. The van der Waals surface area contributed by atoms with Gasteiger partial charge in [-0.2, -0.15) is 0 Å². The first-order chi connectivity index (χ1) is 16.9. The highest BCUT2D eigenvalue weighted by Crippen LogP contribution is 2.36. The van der Waals surface area contributed by atoms with Crippen LogP contribution in [0.15, 0.2) is 46.9 Å². The normalized spacial score (nSPS) is 14.7. The lowest BCUT2D eigenvalue weighted by molar-refractivity contribution is -0.117. The fraction of sp³-hybridized carbons (Fsp3) is 0.370. The summed E-state index contributed by atoms with van der Waals surface area (Å²) in [5.41, 5.74) is 3.12. The zero-order chi connectivity index (χ0) is 24.5. The van der Waals surface area contributed by atoms with Gasteiger partial charge in [0.25, 0.3) is 0 Å². The average molecular weight is 474 g/mol. The first-order valence-corrected chi connectivity index (χ1v) is 12.0. The van der Waals surface area contributed by atoms with Crippen LogP contribution in [-0.4, -0.2) is 60.6 Å². The van der Waals surface area contributed by atoms with Crippen molar-refractivity contribution in [1.82, 2.24) is 14.9 Å². The lowest BCUT2D eigenvalue weighted by Gasteiger charge is -2.35. The molecule has 0 radical (unpaired) electrons. The van der Waals surface area contributed by atoms with Crippen LogP contribution >= 0.6 is 0 Å². The van der Waals surface area contributed by atoms with E-state index in [-0.39, 0.29) is 11.8 Å². The van der Waals surface area contributed by atoms with Gasteiger partial charge in [0.1, 0.15) is 28.6 Å². The SMILES string of the molecule is COc1cc2c(cc1NC(=O)CN1CCN(c3cc(C)nc(C(C)C)n3)CC1)oc1ccccc12. The highest BCUT2D eigenvalue weighted by Gasteiger charge is 2.22. The van der Waals surface area contributed by atoms with Gasteiger partial charge in [-0.25, -0.2) is 9.97 Å². The molecule has 182 valence electrons. The van der Waals surface area contributed by atoms with Crippen LogP contribution in [0.3, 0.4) is 0 Å². The Morgan fingerprint density at radius 2 is 1.83 bits per heavy atom. The van der Waals surface area contributed by atoms with Crippen LogP contribution in [0, 0.1) is 6.92 Å². The molecule has 35 heavy (non-hydrogen) atoms. The molecule has 0 aliphatic carbocycles. The van der Waals surface area contributed by atoms with Gasteiger partial charge in [0.05, 0.1) is 19.3 Å². The maximum atomic E-state index is 12.9. The van der Waals surface area contributed by atoms with E-state index in [1.54, 1.807) is 7.11 Å². The second kappa shape index (κ2) is 9.54. The summed E-state index contributed by atoms with van der Waals surface area (Å²) in [6.45, 7) is 9.74. The van der Waals surface area contributed by atoms with Crippen molar-refractivity contribution >= 4 is 39.4 Å². The molecular weight excluding hydrogens is 442 g/mol. The molecule has 5 rings (SSSR count). The molecule has 1 aliphatic heterocycles. The third kappa shape index (κ3) is 4.79. The van der Waals surface area contributed by atoms with Crippen LogP contribution in [0.4, 0.5) is 11.5 Å². The van der Waals surface area contributed by atoms with Crippen LogP contribution in [0.1, 0.15) is 31.3 Å². The van der Waals surface area contributed by atoms with Gasteiger partial charge in [0.15, 0.2) is 0 Å². The third-order valence-corrected chi connectivity index (χ3v) is 6.41. The topological polar surface area (TPSA) is 83.7 Å². The Hall–Kier alpha value is -3.65. The summed E-state index contributed by atoms with van der Waals surface area (Å²) >= 11 is 0. The third-order valence-electron chi connectivity index (χ3n) is 6.41. The van der Waals surface area contributed by atoms with Crippen molar-refractivity contribution in [3.63, 3.8) is 0 Å². The van der Waals surface area contributed by atoms with Gasteiger partial charge in [0, 0.05) is 60.7 Å². The number of fused-ring (bicyclic) bond motifs is 3. The number of furan rings is 1. The molecule has 1 saturated heterocycles. The number of para-hydroxylation sites is 1. The number of aromatic nitrogens is 2. The summed E-state index contributed by atoms with van der Waals surface area (Å²) in [7, 11) is 1.61. The summed E-state index contributed by atoms with van der Waals surface area (Å²) in [6.07, 6.45) is 0. The number of methoxy groups -OCH3 is 1. The number of benzene rings is 2. The van der Waals surface area contributed by atoms with Crippen molar-refractivity contribution < 1.29 is 13.9 Å². The zero-order valence-corrected chi connectivity index (χ0v) is 20.7. The van der Waals surface area contributed by atoms with E-state index in [1.807, 2.05) is 49.4 Å². The molecule has 1 N–H and O–H groups in total. The first-order valence-electron chi connectivity index (χ1n) is 12.0. The van der Waals surface area contributed by atoms with Crippen LogP contribution in [-0.2, 0) is 4.79 Å². The van der Waals surface area contributed by atoms with Crippen molar-refractivity contribution in [2.24, 2.45) is 0 Å². The monoisotopic (exact) mass is 473 g/mol. The molecule has 1 amide bonds. The number of amides is 1. The number of carbonyl (C=O) groups is 1. The fourth-order valence-corrected chi connectivity index (χ4v) is 4.54. The van der Waals surface area contributed by atoms with Crippen LogP contribution in [0.2, 0.25) is 0 Å². The molecule has 8 nitrogen and oxygen atoms in total. The van der Waals surface area contributed by atoms with Gasteiger partial charge >= 0.3 is 0 Å². The number of piperazine rings is 1. The van der Waals surface area contributed by atoms with E-state index < -0.39 is 0 Å². The zero-order valence-electron chi connectivity index (χ0n) is 20.7. The molecule has 2 aromatic carbocycles. The summed E-state index contributed by atoms with van der Waals surface area (Å²) in [4.78, 5) is 26.6. The van der Waals surface area contributed by atoms with Gasteiger partial charge in [-0.1, -0.05) is 32.0 Å². The van der Waals surface area contributed by atoms with Crippen molar-refractivity contribution in [2.45, 2.75) is 26.7 Å². The lowest BCUT2D eigenvalue weighted by Crippen LogP contribution is -2.49. The molecule has 1 aliphatic rings. The summed E-state index contributed by atoms with van der Waals surface area (Å²) in [5.74, 6) is 2.66. The summed E-state index contributed by atoms with van der Waals surface area (Å²) < 4.78 is 11.5. The minimum atomic E-state index is -0.0767. The molecule has 4 aromatic rings. The Bertz CT molecular complexity index is 1370. The molecule has 0 spiro atoms. The van der Waals surface area contributed by atoms with Gasteiger partial charge in [-0.05, 0) is 19.1 Å². The Morgan fingerprint density at radius 1 is 1.06 bits per heavy atom. The number of nitrogens with one attached hydrogen (secondary N) is 1. The number of hydrogen-bond donors (Lipinski definition) is 1. The quantitative estimate of drug-likeness (QED) is 0.439. The number of hydrogen-bond acceptors (Lipinski definition) is 7. The van der Waals surface area contributed by atoms with Crippen LogP contribution in [0.5, 0.6) is 5.75 Å². The standard InChI is InChI=1S/C27H31N5O3/c1-17(2)27-28-18(3)13-25(30-27)32-11-9-31(10-12-32)16-26(33)29-21-15-23-20(14-24(21)34-4)19-7-5-6-8-22(19)35-23/h5-8,13-15,17H,9-12,16H2,1-4H3,(H,29,33). The fourth-order valence-electron chi connectivity index (χ4n) is 4.54. The minimum absolute atomic E-state index is 0.0767. The smallest absolute Gasteiger partial charge is 0.238 e. The Balaban J connectivity index is 1.24. The van der Waals surface area contributed by atoms with Gasteiger partial charge in [-0.15, -0.1) is 0 Å². The van der Waals surface area contributed by atoms with E-state index in [9.17, 15) is 4.79 Å². The second-order valence-corrected chi connectivity index (χ2v) is 9.34. The lowest BCUT2D eigenvalue weighted by atomic mass is 10.1. The number of ether oxygens (including phenoxy) is 1. The molecule has 0 bridgehead atoms. The number of carbonyl (C=O) groups excluding carboxylic acids is 1. The van der Waals surface area contributed by atoms with Crippen LogP contribution in [0.25, 0.3) is 21.9 Å². The minimum Gasteiger partial charge on any atom is -0.495 e. The van der Waals surface area contributed by atoms with Crippen molar-refractivity contribution in [2.75, 3.05) is 50.1 Å². The van der Waals surface area contributed by atoms with E-state index >= 15 is 0 Å². The molecular formula is C27H31N5O3. The highest BCUT2D eigenvalue weighted by molar-refractivity contribution is 6.07. The summed E-state index contributed by atoms with van der Waals surface area (Å²) in [5, 5.41) is 5.00. The van der Waals surface area contributed by atoms with Gasteiger partial charge < -0.3 is 19.4 Å².